The molecule has 0 fully saturated rings. The fourth-order valence-corrected chi connectivity index (χ4v) is 2.42. The maximum atomic E-state index is 11.6. The average molecular weight is 251 g/mol. The summed E-state index contributed by atoms with van der Waals surface area (Å²) in [6, 6.07) is 5.17. The van der Waals surface area contributed by atoms with Crippen molar-refractivity contribution in [2.24, 2.45) is 0 Å². The molecule has 2 rings (SSSR count). The van der Waals surface area contributed by atoms with E-state index < -0.39 is 6.10 Å². The third-order valence-electron chi connectivity index (χ3n) is 2.41. The van der Waals surface area contributed by atoms with Crippen molar-refractivity contribution < 1.29 is 14.3 Å². The van der Waals surface area contributed by atoms with Crippen LogP contribution in [0, 0.1) is 6.92 Å². The van der Waals surface area contributed by atoms with E-state index in [2.05, 4.69) is 5.32 Å². The number of aryl methyl sites for hydroxylation is 1. The zero-order chi connectivity index (χ0) is 12.3. The Hall–Kier alpha value is -1.59. The van der Waals surface area contributed by atoms with Gasteiger partial charge in [0, 0.05) is 11.4 Å². The highest BCUT2D eigenvalue weighted by atomic mass is 32.1. The zero-order valence-corrected chi connectivity index (χ0v) is 10.2. The van der Waals surface area contributed by atoms with Crippen molar-refractivity contribution in [1.29, 1.82) is 0 Å². The molecule has 2 heterocycles. The van der Waals surface area contributed by atoms with Crippen molar-refractivity contribution in [2.45, 2.75) is 13.0 Å². The topological polar surface area (TPSA) is 62.5 Å². The van der Waals surface area contributed by atoms with E-state index in [0.29, 0.717) is 0 Å². The molecular formula is C12H13NO3S. The van der Waals surface area contributed by atoms with Gasteiger partial charge in [-0.15, -0.1) is 11.3 Å². The summed E-state index contributed by atoms with van der Waals surface area (Å²) in [5.41, 5.74) is 1.04. The van der Waals surface area contributed by atoms with Crippen molar-refractivity contribution in [1.82, 2.24) is 5.32 Å². The largest absolute Gasteiger partial charge is 0.459 e. The Morgan fingerprint density at radius 1 is 1.59 bits per heavy atom. The van der Waals surface area contributed by atoms with E-state index in [4.69, 9.17) is 4.42 Å². The first-order valence-electron chi connectivity index (χ1n) is 5.22. The van der Waals surface area contributed by atoms with Gasteiger partial charge in [-0.05, 0) is 36.1 Å². The van der Waals surface area contributed by atoms with Crippen LogP contribution in [0.4, 0.5) is 0 Å². The summed E-state index contributed by atoms with van der Waals surface area (Å²) in [6.45, 7) is 2.12. The van der Waals surface area contributed by atoms with Crippen LogP contribution in [0.5, 0.6) is 0 Å². The zero-order valence-electron chi connectivity index (χ0n) is 9.34. The van der Waals surface area contributed by atoms with Gasteiger partial charge in [0.2, 0.25) is 0 Å². The van der Waals surface area contributed by atoms with Gasteiger partial charge in [-0.2, -0.15) is 0 Å². The summed E-state index contributed by atoms with van der Waals surface area (Å²) in [7, 11) is 0. The quantitative estimate of drug-likeness (QED) is 0.874. The standard InChI is InChI=1S/C12H13NO3S/c1-8-4-6-17-11(8)9(14)7-13-12(15)10-3-2-5-16-10/h2-6,9,14H,7H2,1H3,(H,13,15)/t9-/m1/s1. The van der Waals surface area contributed by atoms with Gasteiger partial charge in [0.05, 0.1) is 6.26 Å². The molecule has 5 heteroatoms. The summed E-state index contributed by atoms with van der Waals surface area (Å²) in [5, 5.41) is 14.4. The van der Waals surface area contributed by atoms with E-state index in [9.17, 15) is 9.90 Å². The average Bonchev–Trinajstić information content (AvgIpc) is 2.95. The first-order valence-corrected chi connectivity index (χ1v) is 6.10. The predicted octanol–water partition coefficient (Wildman–Crippen LogP) is 2.11. The van der Waals surface area contributed by atoms with Crippen molar-refractivity contribution in [3.05, 3.63) is 46.0 Å². The van der Waals surface area contributed by atoms with Crippen LogP contribution >= 0.6 is 11.3 Å². The molecule has 0 radical (unpaired) electrons. The minimum atomic E-state index is -0.672. The van der Waals surface area contributed by atoms with Crippen molar-refractivity contribution in [2.75, 3.05) is 6.54 Å². The van der Waals surface area contributed by atoms with Crippen LogP contribution in [-0.4, -0.2) is 17.6 Å². The number of hydrogen-bond donors (Lipinski definition) is 2. The number of carbonyl (C=O) groups is 1. The SMILES string of the molecule is Cc1ccsc1[C@H](O)CNC(=O)c1ccco1. The summed E-state index contributed by atoms with van der Waals surface area (Å²) in [6.07, 6.45) is 0.767. The van der Waals surface area contributed by atoms with Gasteiger partial charge < -0.3 is 14.8 Å². The van der Waals surface area contributed by atoms with Crippen LogP contribution < -0.4 is 5.32 Å². The molecule has 0 saturated heterocycles. The lowest BCUT2D eigenvalue weighted by atomic mass is 10.2. The van der Waals surface area contributed by atoms with Crippen molar-refractivity contribution in [3.8, 4) is 0 Å². The summed E-state index contributed by atoms with van der Waals surface area (Å²) in [4.78, 5) is 12.4. The van der Waals surface area contributed by atoms with Crippen LogP contribution in [0.25, 0.3) is 0 Å². The third-order valence-corrected chi connectivity index (χ3v) is 3.53. The van der Waals surface area contributed by atoms with Crippen molar-refractivity contribution >= 4 is 17.2 Å². The Bertz CT molecular complexity index is 490. The first-order chi connectivity index (χ1) is 8.18. The minimum Gasteiger partial charge on any atom is -0.459 e. The van der Waals surface area contributed by atoms with E-state index in [1.807, 2.05) is 18.4 Å². The molecule has 90 valence electrons. The molecule has 2 aromatic heterocycles. The molecule has 0 spiro atoms. The van der Waals surface area contributed by atoms with Gasteiger partial charge in [0.25, 0.3) is 5.91 Å². The number of aliphatic hydroxyl groups excluding tert-OH is 1. The lowest BCUT2D eigenvalue weighted by Gasteiger charge is -2.10. The van der Waals surface area contributed by atoms with E-state index in [0.717, 1.165) is 10.4 Å². The molecule has 4 nitrogen and oxygen atoms in total. The highest BCUT2D eigenvalue weighted by Gasteiger charge is 2.14. The second-order valence-corrected chi connectivity index (χ2v) is 4.62. The highest BCUT2D eigenvalue weighted by molar-refractivity contribution is 7.10. The van der Waals surface area contributed by atoms with Gasteiger partial charge in [0.1, 0.15) is 6.10 Å². The monoisotopic (exact) mass is 251 g/mol. The molecule has 2 aromatic rings. The normalized spacial score (nSPS) is 12.4. The molecular weight excluding hydrogens is 238 g/mol. The lowest BCUT2D eigenvalue weighted by Crippen LogP contribution is -2.27. The van der Waals surface area contributed by atoms with Gasteiger partial charge in [-0.1, -0.05) is 0 Å². The molecule has 0 aromatic carbocycles. The van der Waals surface area contributed by atoms with Crippen LogP contribution in [0.3, 0.4) is 0 Å². The Labute approximate surface area is 103 Å². The van der Waals surface area contributed by atoms with Crippen LogP contribution in [0.2, 0.25) is 0 Å². The summed E-state index contributed by atoms with van der Waals surface area (Å²) in [5.74, 6) is -0.0663. The molecule has 0 aliphatic carbocycles. The van der Waals surface area contributed by atoms with E-state index >= 15 is 0 Å². The molecule has 1 amide bonds. The number of furan rings is 1. The van der Waals surface area contributed by atoms with Gasteiger partial charge in [0.15, 0.2) is 5.76 Å². The number of hydrogen-bond acceptors (Lipinski definition) is 4. The molecule has 17 heavy (non-hydrogen) atoms. The summed E-state index contributed by atoms with van der Waals surface area (Å²) >= 11 is 1.48. The molecule has 0 unspecified atom stereocenters. The molecule has 0 bridgehead atoms. The van der Waals surface area contributed by atoms with Gasteiger partial charge in [-0.3, -0.25) is 4.79 Å². The number of nitrogens with one attached hydrogen (secondary N) is 1. The molecule has 1 atom stereocenters. The van der Waals surface area contributed by atoms with E-state index in [1.165, 1.54) is 17.6 Å². The molecule has 0 aliphatic rings. The Balaban J connectivity index is 1.91. The number of carbonyl (C=O) groups excluding carboxylic acids is 1. The maximum absolute atomic E-state index is 11.6. The third kappa shape index (κ3) is 2.75. The maximum Gasteiger partial charge on any atom is 0.287 e. The second kappa shape index (κ2) is 5.16. The fraction of sp³-hybridized carbons (Fsp3) is 0.250. The molecule has 0 aliphatic heterocycles. The predicted molar refractivity (Wildman–Crippen MR) is 65.1 cm³/mol. The number of amides is 1. The second-order valence-electron chi connectivity index (χ2n) is 3.67. The Morgan fingerprint density at radius 3 is 3.00 bits per heavy atom. The van der Waals surface area contributed by atoms with Gasteiger partial charge >= 0.3 is 0 Å². The lowest BCUT2D eigenvalue weighted by molar-refractivity contribution is 0.0890. The Morgan fingerprint density at radius 2 is 2.41 bits per heavy atom. The van der Waals surface area contributed by atoms with Crippen LogP contribution in [-0.2, 0) is 0 Å². The fourth-order valence-electron chi connectivity index (χ4n) is 1.50. The Kier molecular flexibility index (Phi) is 3.61. The number of thiophene rings is 1. The van der Waals surface area contributed by atoms with E-state index in [-0.39, 0.29) is 18.2 Å². The molecule has 2 N–H and O–H groups in total. The van der Waals surface area contributed by atoms with Gasteiger partial charge in [-0.25, -0.2) is 0 Å². The highest BCUT2D eigenvalue weighted by Crippen LogP contribution is 2.23. The van der Waals surface area contributed by atoms with E-state index in [1.54, 1.807) is 12.1 Å². The van der Waals surface area contributed by atoms with Crippen LogP contribution in [0.1, 0.15) is 27.1 Å². The minimum absolute atomic E-state index is 0.181. The smallest absolute Gasteiger partial charge is 0.287 e. The number of rotatable bonds is 4. The first kappa shape index (κ1) is 11.9. The van der Waals surface area contributed by atoms with Crippen molar-refractivity contribution in [3.63, 3.8) is 0 Å². The number of aliphatic hydroxyl groups is 1. The van der Waals surface area contributed by atoms with Crippen LogP contribution in [0.15, 0.2) is 34.3 Å². The summed E-state index contributed by atoms with van der Waals surface area (Å²) < 4.78 is 4.95. The molecule has 0 saturated carbocycles.